The molecule has 0 fully saturated rings. The Morgan fingerprint density at radius 3 is 2.60 bits per heavy atom. The first-order chi connectivity index (χ1) is 7.08. The summed E-state index contributed by atoms with van der Waals surface area (Å²) in [5.74, 6) is 0.952. The van der Waals surface area contributed by atoms with Gasteiger partial charge in [0.05, 0.1) is 0 Å². The lowest BCUT2D eigenvalue weighted by Gasteiger charge is -2.17. The second kappa shape index (κ2) is 5.76. The summed E-state index contributed by atoms with van der Waals surface area (Å²) in [6, 6.07) is 8.66. The molecule has 0 spiro atoms. The van der Waals surface area contributed by atoms with Gasteiger partial charge in [0, 0.05) is 12.6 Å². The van der Waals surface area contributed by atoms with Gasteiger partial charge in [-0.05, 0) is 31.5 Å². The molecule has 0 radical (unpaired) electrons. The van der Waals surface area contributed by atoms with E-state index in [1.54, 1.807) is 0 Å². The molecule has 0 saturated heterocycles. The van der Waals surface area contributed by atoms with E-state index in [2.05, 4.69) is 45.1 Å². The van der Waals surface area contributed by atoms with Crippen molar-refractivity contribution in [3.8, 4) is 5.75 Å². The van der Waals surface area contributed by atoms with Gasteiger partial charge in [-0.25, -0.2) is 0 Å². The Morgan fingerprint density at radius 2 is 2.00 bits per heavy atom. The number of benzene rings is 1. The Kier molecular flexibility index (Phi) is 4.63. The van der Waals surface area contributed by atoms with E-state index in [1.165, 1.54) is 5.56 Å². The van der Waals surface area contributed by atoms with E-state index < -0.39 is 0 Å². The molecule has 84 valence electrons. The van der Waals surface area contributed by atoms with E-state index in [0.717, 1.165) is 12.3 Å². The fourth-order valence-corrected chi connectivity index (χ4v) is 1.36. The highest BCUT2D eigenvalue weighted by molar-refractivity contribution is 5.27. The van der Waals surface area contributed by atoms with Gasteiger partial charge in [0.25, 0.3) is 0 Å². The van der Waals surface area contributed by atoms with E-state index in [1.807, 2.05) is 12.1 Å². The SMILES string of the molecule is Cc1cccc(OC(C)CNC(C)C)c1. The topological polar surface area (TPSA) is 21.3 Å². The van der Waals surface area contributed by atoms with Crippen LogP contribution in [0, 0.1) is 6.92 Å². The van der Waals surface area contributed by atoms with Crippen LogP contribution in [0.4, 0.5) is 0 Å². The average molecular weight is 207 g/mol. The number of ether oxygens (including phenoxy) is 1. The summed E-state index contributed by atoms with van der Waals surface area (Å²) in [5, 5.41) is 3.36. The van der Waals surface area contributed by atoms with Crippen molar-refractivity contribution >= 4 is 0 Å². The van der Waals surface area contributed by atoms with Gasteiger partial charge in [-0.3, -0.25) is 0 Å². The molecule has 1 aromatic carbocycles. The highest BCUT2D eigenvalue weighted by Crippen LogP contribution is 2.13. The van der Waals surface area contributed by atoms with Gasteiger partial charge in [0.2, 0.25) is 0 Å². The molecule has 0 aromatic heterocycles. The molecule has 0 saturated carbocycles. The van der Waals surface area contributed by atoms with E-state index in [-0.39, 0.29) is 6.10 Å². The van der Waals surface area contributed by atoms with E-state index in [4.69, 9.17) is 4.74 Å². The zero-order valence-electron chi connectivity index (χ0n) is 10.1. The Hall–Kier alpha value is -1.02. The molecular weight excluding hydrogens is 186 g/mol. The second-order valence-corrected chi connectivity index (χ2v) is 4.31. The molecule has 2 nitrogen and oxygen atoms in total. The van der Waals surface area contributed by atoms with Crippen LogP contribution in [0.5, 0.6) is 5.75 Å². The lowest BCUT2D eigenvalue weighted by atomic mass is 10.2. The summed E-state index contributed by atoms with van der Waals surface area (Å²) < 4.78 is 5.78. The van der Waals surface area contributed by atoms with Crippen molar-refractivity contribution in [3.05, 3.63) is 29.8 Å². The van der Waals surface area contributed by atoms with Gasteiger partial charge in [0.15, 0.2) is 0 Å². The maximum absolute atomic E-state index is 5.78. The van der Waals surface area contributed by atoms with Crippen LogP contribution in [0.2, 0.25) is 0 Å². The minimum absolute atomic E-state index is 0.203. The van der Waals surface area contributed by atoms with Crippen molar-refractivity contribution in [2.24, 2.45) is 0 Å². The van der Waals surface area contributed by atoms with Crippen LogP contribution in [0.3, 0.4) is 0 Å². The minimum Gasteiger partial charge on any atom is -0.489 e. The molecule has 1 unspecified atom stereocenters. The van der Waals surface area contributed by atoms with Gasteiger partial charge < -0.3 is 10.1 Å². The maximum Gasteiger partial charge on any atom is 0.120 e. The lowest BCUT2D eigenvalue weighted by Crippen LogP contribution is -2.33. The molecule has 1 atom stereocenters. The van der Waals surface area contributed by atoms with Crippen molar-refractivity contribution in [3.63, 3.8) is 0 Å². The number of nitrogens with one attached hydrogen (secondary N) is 1. The van der Waals surface area contributed by atoms with Gasteiger partial charge in [-0.1, -0.05) is 26.0 Å². The van der Waals surface area contributed by atoms with Crippen LogP contribution < -0.4 is 10.1 Å². The van der Waals surface area contributed by atoms with Crippen molar-refractivity contribution in [2.75, 3.05) is 6.54 Å². The number of aryl methyl sites for hydroxylation is 1. The molecule has 0 heterocycles. The van der Waals surface area contributed by atoms with E-state index >= 15 is 0 Å². The highest BCUT2D eigenvalue weighted by Gasteiger charge is 2.04. The van der Waals surface area contributed by atoms with Crippen LogP contribution in [-0.4, -0.2) is 18.7 Å². The molecule has 2 heteroatoms. The number of hydrogen-bond acceptors (Lipinski definition) is 2. The Balaban J connectivity index is 2.40. The van der Waals surface area contributed by atoms with Crippen molar-refractivity contribution in [1.82, 2.24) is 5.32 Å². The predicted octanol–water partition coefficient (Wildman–Crippen LogP) is 2.76. The van der Waals surface area contributed by atoms with Crippen LogP contribution in [0.1, 0.15) is 26.3 Å². The van der Waals surface area contributed by atoms with E-state index in [9.17, 15) is 0 Å². The number of rotatable bonds is 5. The third kappa shape index (κ3) is 4.84. The first-order valence-electron chi connectivity index (χ1n) is 5.54. The number of hydrogen-bond donors (Lipinski definition) is 1. The molecule has 15 heavy (non-hydrogen) atoms. The standard InChI is InChI=1S/C13H21NO/c1-10(2)14-9-12(4)15-13-7-5-6-11(3)8-13/h5-8,10,12,14H,9H2,1-4H3. The molecule has 1 aromatic rings. The molecule has 0 aliphatic carbocycles. The molecule has 1 rings (SSSR count). The van der Waals surface area contributed by atoms with Gasteiger partial charge >= 0.3 is 0 Å². The third-order valence-corrected chi connectivity index (χ3v) is 2.14. The smallest absolute Gasteiger partial charge is 0.120 e. The highest BCUT2D eigenvalue weighted by atomic mass is 16.5. The van der Waals surface area contributed by atoms with Crippen molar-refractivity contribution < 1.29 is 4.74 Å². The van der Waals surface area contributed by atoms with Gasteiger partial charge in [-0.15, -0.1) is 0 Å². The minimum atomic E-state index is 0.203. The van der Waals surface area contributed by atoms with Crippen molar-refractivity contribution in [2.45, 2.75) is 39.8 Å². The normalized spacial score (nSPS) is 12.9. The first-order valence-corrected chi connectivity index (χ1v) is 5.54. The molecular formula is C13H21NO. The molecule has 0 aliphatic heterocycles. The monoisotopic (exact) mass is 207 g/mol. The zero-order chi connectivity index (χ0) is 11.3. The third-order valence-electron chi connectivity index (χ3n) is 2.14. The molecule has 0 aliphatic rings. The maximum atomic E-state index is 5.78. The predicted molar refractivity (Wildman–Crippen MR) is 64.4 cm³/mol. The van der Waals surface area contributed by atoms with Crippen LogP contribution in [0.15, 0.2) is 24.3 Å². The Morgan fingerprint density at radius 1 is 1.27 bits per heavy atom. The first kappa shape index (κ1) is 12.1. The van der Waals surface area contributed by atoms with E-state index in [0.29, 0.717) is 6.04 Å². The van der Waals surface area contributed by atoms with Crippen LogP contribution in [0.25, 0.3) is 0 Å². The summed E-state index contributed by atoms with van der Waals surface area (Å²) in [7, 11) is 0. The largest absolute Gasteiger partial charge is 0.489 e. The van der Waals surface area contributed by atoms with Gasteiger partial charge in [0.1, 0.15) is 11.9 Å². The average Bonchev–Trinajstić information content (AvgIpc) is 2.15. The molecule has 0 amide bonds. The van der Waals surface area contributed by atoms with Crippen LogP contribution >= 0.6 is 0 Å². The summed E-state index contributed by atoms with van der Waals surface area (Å²) in [6.45, 7) is 9.31. The summed E-state index contributed by atoms with van der Waals surface area (Å²) in [5.41, 5.74) is 1.23. The summed E-state index contributed by atoms with van der Waals surface area (Å²) in [6.07, 6.45) is 0.203. The van der Waals surface area contributed by atoms with Crippen LogP contribution in [-0.2, 0) is 0 Å². The van der Waals surface area contributed by atoms with Gasteiger partial charge in [-0.2, -0.15) is 0 Å². The lowest BCUT2D eigenvalue weighted by molar-refractivity contribution is 0.213. The molecule has 0 bridgehead atoms. The zero-order valence-corrected chi connectivity index (χ0v) is 10.1. The molecule has 1 N–H and O–H groups in total. The second-order valence-electron chi connectivity index (χ2n) is 4.31. The quantitative estimate of drug-likeness (QED) is 0.801. The van der Waals surface area contributed by atoms with Crippen molar-refractivity contribution in [1.29, 1.82) is 0 Å². The summed E-state index contributed by atoms with van der Waals surface area (Å²) in [4.78, 5) is 0. The fourth-order valence-electron chi connectivity index (χ4n) is 1.36. The summed E-state index contributed by atoms with van der Waals surface area (Å²) >= 11 is 0. The Labute approximate surface area is 92.6 Å². The fraction of sp³-hybridized carbons (Fsp3) is 0.538. The Bertz CT molecular complexity index is 296.